The number of hydrogen-bond acceptors (Lipinski definition) is 6. The Bertz CT molecular complexity index is 669. The van der Waals surface area contributed by atoms with Crippen LogP contribution in [0.5, 0.6) is 0 Å². The van der Waals surface area contributed by atoms with Crippen LogP contribution in [0.1, 0.15) is 32.8 Å². The molecule has 160 valence electrons. The topological polar surface area (TPSA) is 63.2 Å². The van der Waals surface area contributed by atoms with Crippen LogP contribution in [0, 0.1) is 0 Å². The normalized spacial score (nSPS) is 23.2. The van der Waals surface area contributed by atoms with Crippen LogP contribution in [-0.2, 0) is 35.1 Å². The van der Waals surface area contributed by atoms with E-state index < -0.39 is 24.1 Å². The minimum Gasteiger partial charge on any atom is -0.369 e. The third-order valence-corrected chi connectivity index (χ3v) is 4.45. The molecule has 1 aliphatic rings. The van der Waals surface area contributed by atoms with Gasteiger partial charge in [0, 0.05) is 7.11 Å². The Morgan fingerprint density at radius 2 is 1.93 bits per heavy atom. The Morgan fingerprint density at radius 1 is 1.21 bits per heavy atom. The molecule has 1 aromatic rings. The Morgan fingerprint density at radius 3 is 2.55 bits per heavy atom. The third-order valence-electron chi connectivity index (χ3n) is 4.45. The van der Waals surface area contributed by atoms with Gasteiger partial charge in [-0.25, -0.2) is 0 Å². The highest BCUT2D eigenvalue weighted by molar-refractivity contribution is 5.81. The van der Waals surface area contributed by atoms with Gasteiger partial charge in [0.2, 0.25) is 0 Å². The summed E-state index contributed by atoms with van der Waals surface area (Å²) in [6.45, 7) is 9.41. The molecule has 1 heterocycles. The number of carbonyl (C=O) groups is 1. The summed E-state index contributed by atoms with van der Waals surface area (Å²) in [5.41, 5.74) is 1.09. The third kappa shape index (κ3) is 7.49. The van der Waals surface area contributed by atoms with Crippen molar-refractivity contribution < 1.29 is 28.5 Å². The molecule has 0 unspecified atom stereocenters. The van der Waals surface area contributed by atoms with Crippen molar-refractivity contribution in [1.82, 2.24) is 0 Å². The Kier molecular flexibility index (Phi) is 9.20. The van der Waals surface area contributed by atoms with E-state index in [4.69, 9.17) is 23.7 Å². The van der Waals surface area contributed by atoms with Crippen LogP contribution in [0.25, 0.3) is 0 Å². The molecule has 1 saturated heterocycles. The number of benzene rings is 1. The second-order valence-corrected chi connectivity index (χ2v) is 7.41. The molecule has 4 atom stereocenters. The van der Waals surface area contributed by atoms with Crippen LogP contribution in [0.2, 0.25) is 0 Å². The van der Waals surface area contributed by atoms with Crippen molar-refractivity contribution >= 4 is 5.78 Å². The maximum absolute atomic E-state index is 12.1. The van der Waals surface area contributed by atoms with Crippen molar-refractivity contribution in [2.45, 2.75) is 64.0 Å². The summed E-state index contributed by atoms with van der Waals surface area (Å²) < 4.78 is 28.6. The summed E-state index contributed by atoms with van der Waals surface area (Å²) >= 11 is 0. The molecule has 0 bridgehead atoms. The van der Waals surface area contributed by atoms with Crippen molar-refractivity contribution in [1.29, 1.82) is 0 Å². The summed E-state index contributed by atoms with van der Waals surface area (Å²) in [6.07, 6.45) is 4.21. The maximum Gasteiger partial charge on any atom is 0.164 e. The van der Waals surface area contributed by atoms with Gasteiger partial charge in [0.1, 0.15) is 25.1 Å². The number of hydrogen-bond donors (Lipinski definition) is 0. The fourth-order valence-corrected chi connectivity index (χ4v) is 3.13. The highest BCUT2D eigenvalue weighted by Crippen LogP contribution is 2.32. The maximum atomic E-state index is 12.1. The predicted molar refractivity (Wildman–Crippen MR) is 110 cm³/mol. The summed E-state index contributed by atoms with van der Waals surface area (Å²) in [4.78, 5) is 12.1. The van der Waals surface area contributed by atoms with Gasteiger partial charge in [-0.15, -0.1) is 6.58 Å². The summed E-state index contributed by atoms with van der Waals surface area (Å²) in [7, 11) is 1.54. The fourth-order valence-electron chi connectivity index (χ4n) is 3.13. The number of methoxy groups -OCH3 is 1. The molecule has 6 nitrogen and oxygen atoms in total. The monoisotopic (exact) mass is 404 g/mol. The first-order valence-corrected chi connectivity index (χ1v) is 9.77. The zero-order valence-electron chi connectivity index (χ0n) is 17.7. The minimum absolute atomic E-state index is 0.0664. The summed E-state index contributed by atoms with van der Waals surface area (Å²) in [6, 6.07) is 9.96. The van der Waals surface area contributed by atoms with Crippen molar-refractivity contribution in [2.75, 3.05) is 13.9 Å². The van der Waals surface area contributed by atoms with Gasteiger partial charge in [-0.2, -0.15) is 0 Å². The lowest BCUT2D eigenvalue weighted by Gasteiger charge is -2.24. The lowest BCUT2D eigenvalue weighted by atomic mass is 10.0. The Hall–Kier alpha value is -1.83. The first-order valence-electron chi connectivity index (χ1n) is 9.77. The first kappa shape index (κ1) is 23.4. The number of Topliss-reactive ketones (excluding diaryl/α,β-unsaturated/α-hetero) is 1. The molecule has 0 aliphatic carbocycles. The predicted octanol–water partition coefficient (Wildman–Crippen LogP) is 3.80. The summed E-state index contributed by atoms with van der Waals surface area (Å²) in [5.74, 6) is -0.976. The van der Waals surface area contributed by atoms with E-state index in [1.165, 1.54) is 6.92 Å². The highest BCUT2D eigenvalue weighted by atomic mass is 16.8. The van der Waals surface area contributed by atoms with Crippen molar-refractivity contribution in [3.05, 3.63) is 60.7 Å². The van der Waals surface area contributed by atoms with Gasteiger partial charge in [0.25, 0.3) is 0 Å². The van der Waals surface area contributed by atoms with Crippen molar-refractivity contribution in [2.24, 2.45) is 0 Å². The van der Waals surface area contributed by atoms with Crippen molar-refractivity contribution in [3.63, 3.8) is 0 Å². The van der Waals surface area contributed by atoms with Gasteiger partial charge in [0.15, 0.2) is 11.6 Å². The van der Waals surface area contributed by atoms with Gasteiger partial charge in [-0.05, 0) is 32.8 Å². The van der Waals surface area contributed by atoms with Gasteiger partial charge in [0.05, 0.1) is 12.7 Å². The molecule has 0 radical (unpaired) electrons. The average molecular weight is 405 g/mol. The molecule has 1 fully saturated rings. The average Bonchev–Trinajstić information content (AvgIpc) is 3.02. The van der Waals surface area contributed by atoms with Gasteiger partial charge >= 0.3 is 0 Å². The molecule has 2 rings (SSSR count). The molecular weight excluding hydrogens is 372 g/mol. The van der Waals surface area contributed by atoms with Crippen LogP contribution in [-0.4, -0.2) is 49.9 Å². The van der Waals surface area contributed by atoms with E-state index in [-0.39, 0.29) is 18.7 Å². The van der Waals surface area contributed by atoms with E-state index in [1.807, 2.05) is 48.6 Å². The van der Waals surface area contributed by atoms with Gasteiger partial charge in [-0.3, -0.25) is 4.79 Å². The lowest BCUT2D eigenvalue weighted by molar-refractivity contribution is -0.164. The largest absolute Gasteiger partial charge is 0.369 e. The molecule has 1 aromatic carbocycles. The number of ketones is 1. The molecule has 0 aromatic heterocycles. The van der Waals surface area contributed by atoms with Crippen molar-refractivity contribution in [3.8, 4) is 0 Å². The standard InChI is InChI=1S/C23H32O6/c1-6-10-19(26-15-18-11-8-7-9-12-18)13-14-20(27-16-25-5)22-21(17(2)24)28-23(3,4)29-22/h6-9,11-14,19-22H,1,10,15-16H2,2-5H3/b14-13+/t19-,20-,21+,22+/m0/s1. The molecule has 6 heteroatoms. The second-order valence-electron chi connectivity index (χ2n) is 7.41. The second kappa shape index (κ2) is 11.4. The van der Waals surface area contributed by atoms with E-state index in [0.29, 0.717) is 13.0 Å². The fraction of sp³-hybridized carbons (Fsp3) is 0.522. The first-order chi connectivity index (χ1) is 13.9. The Labute approximate surface area is 173 Å². The minimum atomic E-state index is -0.867. The summed E-state index contributed by atoms with van der Waals surface area (Å²) in [5, 5.41) is 0. The van der Waals surface area contributed by atoms with Gasteiger partial charge < -0.3 is 23.7 Å². The van der Waals surface area contributed by atoms with Crippen LogP contribution in [0.4, 0.5) is 0 Å². The Balaban J connectivity index is 2.11. The van der Waals surface area contributed by atoms with Crippen LogP contribution >= 0.6 is 0 Å². The van der Waals surface area contributed by atoms with Crippen LogP contribution in [0.15, 0.2) is 55.1 Å². The van der Waals surface area contributed by atoms with E-state index in [2.05, 4.69) is 6.58 Å². The zero-order valence-corrected chi connectivity index (χ0v) is 17.7. The van der Waals surface area contributed by atoms with E-state index in [0.717, 1.165) is 5.56 Å². The molecule has 0 spiro atoms. The number of rotatable bonds is 12. The van der Waals surface area contributed by atoms with E-state index >= 15 is 0 Å². The number of ether oxygens (including phenoxy) is 5. The SMILES string of the molecule is C=CC[C@@H](/C=C/[C@H](OCOC)[C@H]1OC(C)(C)O[C@@H]1C(C)=O)OCc1ccccc1. The molecule has 29 heavy (non-hydrogen) atoms. The molecule has 0 saturated carbocycles. The molecule has 0 N–H and O–H groups in total. The quantitative estimate of drug-likeness (QED) is 0.390. The van der Waals surface area contributed by atoms with E-state index in [1.54, 1.807) is 21.0 Å². The zero-order chi connectivity index (χ0) is 21.3. The smallest absolute Gasteiger partial charge is 0.164 e. The molecular formula is C23H32O6. The van der Waals surface area contributed by atoms with Gasteiger partial charge in [-0.1, -0.05) is 48.6 Å². The molecule has 0 amide bonds. The number of carbonyl (C=O) groups excluding carboxylic acids is 1. The lowest BCUT2D eigenvalue weighted by Crippen LogP contribution is -2.40. The van der Waals surface area contributed by atoms with E-state index in [9.17, 15) is 4.79 Å². The van der Waals surface area contributed by atoms with Crippen LogP contribution < -0.4 is 0 Å². The highest BCUT2D eigenvalue weighted by Gasteiger charge is 2.47. The molecule has 1 aliphatic heterocycles. The van der Waals surface area contributed by atoms with Crippen LogP contribution in [0.3, 0.4) is 0 Å².